The second kappa shape index (κ2) is 7.92. The van der Waals surface area contributed by atoms with Gasteiger partial charge in [0.05, 0.1) is 12.7 Å². The molecular formula is C16H22BrNO3. The highest BCUT2D eigenvalue weighted by molar-refractivity contribution is 9.10. The lowest BCUT2D eigenvalue weighted by Crippen LogP contribution is -2.35. The number of esters is 1. The first-order valence-electron chi connectivity index (χ1n) is 7.39. The molecule has 0 aliphatic carbocycles. The molecular weight excluding hydrogens is 334 g/mol. The quantitative estimate of drug-likeness (QED) is 0.796. The van der Waals surface area contributed by atoms with E-state index < -0.39 is 6.04 Å². The minimum Gasteiger partial charge on any atom is -0.465 e. The molecule has 0 bridgehead atoms. The van der Waals surface area contributed by atoms with Crippen molar-refractivity contribution in [2.45, 2.75) is 38.8 Å². The van der Waals surface area contributed by atoms with E-state index >= 15 is 0 Å². The molecule has 0 spiro atoms. The standard InChI is InChI=1S/C16H22BrNO3/c1-3-20-16(19)15(18-10-13-5-4-8-21-13)12-7-6-11(2)14(17)9-12/h6-7,9,13,15,18H,3-5,8,10H2,1-2H3. The highest BCUT2D eigenvalue weighted by atomic mass is 79.9. The number of hydrogen-bond donors (Lipinski definition) is 1. The Morgan fingerprint density at radius 3 is 3.00 bits per heavy atom. The number of aryl methyl sites for hydroxylation is 1. The van der Waals surface area contributed by atoms with Crippen LogP contribution in [0.3, 0.4) is 0 Å². The molecule has 2 unspecified atom stereocenters. The fourth-order valence-electron chi connectivity index (χ4n) is 2.41. The number of nitrogens with one attached hydrogen (secondary N) is 1. The molecule has 1 aliphatic heterocycles. The number of hydrogen-bond acceptors (Lipinski definition) is 4. The summed E-state index contributed by atoms with van der Waals surface area (Å²) in [6, 6.07) is 5.48. The molecule has 1 saturated heterocycles. The summed E-state index contributed by atoms with van der Waals surface area (Å²) < 4.78 is 11.8. The Balaban J connectivity index is 2.09. The zero-order valence-electron chi connectivity index (χ0n) is 12.5. The third-order valence-corrected chi connectivity index (χ3v) is 4.48. The summed E-state index contributed by atoms with van der Waals surface area (Å²) in [5.74, 6) is -0.244. The first kappa shape index (κ1) is 16.5. The van der Waals surface area contributed by atoms with Crippen molar-refractivity contribution in [3.05, 3.63) is 33.8 Å². The van der Waals surface area contributed by atoms with E-state index in [4.69, 9.17) is 9.47 Å². The van der Waals surface area contributed by atoms with Crippen LogP contribution in [0.15, 0.2) is 22.7 Å². The Bertz CT molecular complexity index is 486. The molecule has 2 rings (SSSR count). The number of halogens is 1. The van der Waals surface area contributed by atoms with Crippen molar-refractivity contribution < 1.29 is 14.3 Å². The lowest BCUT2D eigenvalue weighted by atomic mass is 10.0. The third-order valence-electron chi connectivity index (χ3n) is 3.63. The van der Waals surface area contributed by atoms with Crippen molar-refractivity contribution in [2.24, 2.45) is 0 Å². The largest absolute Gasteiger partial charge is 0.465 e. The normalized spacial score (nSPS) is 19.5. The molecule has 1 aromatic carbocycles. The van der Waals surface area contributed by atoms with Gasteiger partial charge in [0, 0.05) is 17.6 Å². The summed E-state index contributed by atoms with van der Waals surface area (Å²) in [7, 11) is 0. The molecule has 116 valence electrons. The van der Waals surface area contributed by atoms with Crippen molar-refractivity contribution in [3.8, 4) is 0 Å². The fraction of sp³-hybridized carbons (Fsp3) is 0.562. The summed E-state index contributed by atoms with van der Waals surface area (Å²) in [5.41, 5.74) is 2.05. The molecule has 1 heterocycles. The van der Waals surface area contributed by atoms with Crippen molar-refractivity contribution in [1.29, 1.82) is 0 Å². The lowest BCUT2D eigenvalue weighted by Gasteiger charge is -2.20. The van der Waals surface area contributed by atoms with Crippen LogP contribution in [0.4, 0.5) is 0 Å². The van der Waals surface area contributed by atoms with E-state index in [2.05, 4.69) is 21.2 Å². The maximum absolute atomic E-state index is 12.2. The van der Waals surface area contributed by atoms with E-state index in [1.807, 2.05) is 32.0 Å². The maximum Gasteiger partial charge on any atom is 0.327 e. The Labute approximate surface area is 134 Å². The Morgan fingerprint density at radius 2 is 2.38 bits per heavy atom. The molecule has 4 nitrogen and oxygen atoms in total. The van der Waals surface area contributed by atoms with Gasteiger partial charge in [-0.1, -0.05) is 28.1 Å². The summed E-state index contributed by atoms with van der Waals surface area (Å²) in [4.78, 5) is 12.2. The van der Waals surface area contributed by atoms with Gasteiger partial charge in [-0.15, -0.1) is 0 Å². The molecule has 0 saturated carbocycles. The molecule has 2 atom stereocenters. The van der Waals surface area contributed by atoms with Gasteiger partial charge in [0.1, 0.15) is 6.04 Å². The first-order valence-corrected chi connectivity index (χ1v) is 8.18. The predicted molar refractivity (Wildman–Crippen MR) is 85.2 cm³/mol. The van der Waals surface area contributed by atoms with Gasteiger partial charge in [-0.2, -0.15) is 0 Å². The smallest absolute Gasteiger partial charge is 0.327 e. The lowest BCUT2D eigenvalue weighted by molar-refractivity contribution is -0.146. The van der Waals surface area contributed by atoms with Gasteiger partial charge >= 0.3 is 5.97 Å². The highest BCUT2D eigenvalue weighted by Gasteiger charge is 2.24. The molecule has 1 N–H and O–H groups in total. The van der Waals surface area contributed by atoms with E-state index in [9.17, 15) is 4.79 Å². The van der Waals surface area contributed by atoms with Gasteiger partial charge in [0.2, 0.25) is 0 Å². The van der Waals surface area contributed by atoms with Gasteiger partial charge in [-0.3, -0.25) is 5.32 Å². The van der Waals surface area contributed by atoms with Crippen LogP contribution in [-0.2, 0) is 14.3 Å². The van der Waals surface area contributed by atoms with Gasteiger partial charge in [0.15, 0.2) is 0 Å². The van der Waals surface area contributed by atoms with Crippen molar-refractivity contribution in [2.75, 3.05) is 19.8 Å². The highest BCUT2D eigenvalue weighted by Crippen LogP contribution is 2.23. The Hall–Kier alpha value is -0.910. The van der Waals surface area contributed by atoms with E-state index in [0.29, 0.717) is 13.2 Å². The van der Waals surface area contributed by atoms with Crippen molar-refractivity contribution >= 4 is 21.9 Å². The summed E-state index contributed by atoms with van der Waals surface area (Å²) in [6.07, 6.45) is 2.32. The fourth-order valence-corrected chi connectivity index (χ4v) is 2.80. The van der Waals surface area contributed by atoms with Crippen LogP contribution in [0, 0.1) is 6.92 Å². The molecule has 0 aromatic heterocycles. The second-order valence-electron chi connectivity index (χ2n) is 5.24. The molecule has 0 radical (unpaired) electrons. The molecule has 21 heavy (non-hydrogen) atoms. The van der Waals surface area contributed by atoms with Gasteiger partial charge < -0.3 is 9.47 Å². The minimum absolute atomic E-state index is 0.191. The van der Waals surface area contributed by atoms with Gasteiger partial charge in [0.25, 0.3) is 0 Å². The van der Waals surface area contributed by atoms with Crippen LogP contribution in [-0.4, -0.2) is 31.8 Å². The van der Waals surface area contributed by atoms with E-state index in [1.165, 1.54) is 0 Å². The zero-order chi connectivity index (χ0) is 15.2. The second-order valence-corrected chi connectivity index (χ2v) is 6.09. The molecule has 1 fully saturated rings. The van der Waals surface area contributed by atoms with Crippen LogP contribution in [0.5, 0.6) is 0 Å². The average Bonchev–Trinajstić information content (AvgIpc) is 2.96. The van der Waals surface area contributed by atoms with Crippen molar-refractivity contribution in [1.82, 2.24) is 5.32 Å². The predicted octanol–water partition coefficient (Wildman–Crippen LogP) is 3.13. The molecule has 1 aromatic rings. The number of ether oxygens (including phenoxy) is 2. The van der Waals surface area contributed by atoms with Gasteiger partial charge in [-0.25, -0.2) is 4.79 Å². The van der Waals surface area contributed by atoms with Crippen LogP contribution < -0.4 is 5.32 Å². The van der Waals surface area contributed by atoms with E-state index in [-0.39, 0.29) is 12.1 Å². The molecule has 5 heteroatoms. The number of rotatable bonds is 6. The average molecular weight is 356 g/mol. The maximum atomic E-state index is 12.2. The monoisotopic (exact) mass is 355 g/mol. The van der Waals surface area contributed by atoms with Crippen LogP contribution in [0.1, 0.15) is 36.9 Å². The summed E-state index contributed by atoms with van der Waals surface area (Å²) >= 11 is 3.52. The third kappa shape index (κ3) is 4.53. The van der Waals surface area contributed by atoms with Gasteiger partial charge in [-0.05, 0) is 43.9 Å². The number of carbonyl (C=O) groups is 1. The Morgan fingerprint density at radius 1 is 1.57 bits per heavy atom. The SMILES string of the molecule is CCOC(=O)C(NCC1CCCO1)c1ccc(C)c(Br)c1. The molecule has 1 aliphatic rings. The first-order chi connectivity index (χ1) is 10.1. The summed E-state index contributed by atoms with van der Waals surface area (Å²) in [6.45, 7) is 5.69. The van der Waals surface area contributed by atoms with Crippen LogP contribution >= 0.6 is 15.9 Å². The van der Waals surface area contributed by atoms with Crippen molar-refractivity contribution in [3.63, 3.8) is 0 Å². The van der Waals surface area contributed by atoms with E-state index in [0.717, 1.165) is 35.0 Å². The molecule has 0 amide bonds. The van der Waals surface area contributed by atoms with Crippen LogP contribution in [0.25, 0.3) is 0 Å². The summed E-state index contributed by atoms with van der Waals surface area (Å²) in [5, 5.41) is 3.29. The number of benzene rings is 1. The Kier molecular flexibility index (Phi) is 6.21. The number of carbonyl (C=O) groups excluding carboxylic acids is 1. The minimum atomic E-state index is -0.453. The topological polar surface area (TPSA) is 47.6 Å². The van der Waals surface area contributed by atoms with Crippen LogP contribution in [0.2, 0.25) is 0 Å². The van der Waals surface area contributed by atoms with E-state index in [1.54, 1.807) is 0 Å². The zero-order valence-corrected chi connectivity index (χ0v) is 14.1.